The molecule has 7 rings (SSSR count). The van der Waals surface area contributed by atoms with E-state index in [9.17, 15) is 13.2 Å². The molecule has 2 bridgehead atoms. The average molecular weight is 590 g/mol. The lowest BCUT2D eigenvalue weighted by Crippen LogP contribution is -2.51. The molecule has 2 unspecified atom stereocenters. The van der Waals surface area contributed by atoms with Crippen LogP contribution in [-0.4, -0.2) is 70.3 Å². The SMILES string of the molecule is Cc1cc(N)nc(-c2c(F)cc3c(N4CC5CCC(C4)N5)nc(OCC45CCCN4CCC5)nc3c2F)c1C(F)(F)F. The van der Waals surface area contributed by atoms with Crippen molar-refractivity contribution < 1.29 is 26.7 Å². The molecule has 2 aromatic heterocycles. The second-order valence-electron chi connectivity index (χ2n) is 12.1. The normalized spacial score (nSPS) is 23.6. The van der Waals surface area contributed by atoms with Gasteiger partial charge < -0.3 is 20.7 Å². The van der Waals surface area contributed by atoms with Gasteiger partial charge in [-0.1, -0.05) is 0 Å². The number of nitrogens with one attached hydrogen (secondary N) is 1. The first kappa shape index (κ1) is 27.5. The van der Waals surface area contributed by atoms with E-state index in [4.69, 9.17) is 10.5 Å². The summed E-state index contributed by atoms with van der Waals surface area (Å²) in [5.41, 5.74) is 1.92. The van der Waals surface area contributed by atoms with Crippen molar-refractivity contribution in [2.75, 3.05) is 43.4 Å². The molecule has 4 fully saturated rings. The van der Waals surface area contributed by atoms with Gasteiger partial charge in [0.25, 0.3) is 0 Å². The summed E-state index contributed by atoms with van der Waals surface area (Å²) >= 11 is 0. The summed E-state index contributed by atoms with van der Waals surface area (Å²) in [5.74, 6) is -2.44. The van der Waals surface area contributed by atoms with Crippen LogP contribution in [-0.2, 0) is 6.18 Å². The molecule has 8 nitrogen and oxygen atoms in total. The third-order valence-electron chi connectivity index (χ3n) is 9.40. The highest BCUT2D eigenvalue weighted by molar-refractivity contribution is 5.94. The number of pyridine rings is 1. The number of anilines is 2. The molecule has 6 heterocycles. The summed E-state index contributed by atoms with van der Waals surface area (Å²) in [4.78, 5) is 17.1. The van der Waals surface area contributed by atoms with Crippen LogP contribution in [0.3, 0.4) is 0 Å². The van der Waals surface area contributed by atoms with E-state index < -0.39 is 34.6 Å². The van der Waals surface area contributed by atoms with E-state index in [1.807, 2.05) is 4.90 Å². The van der Waals surface area contributed by atoms with Gasteiger partial charge >= 0.3 is 12.2 Å². The summed E-state index contributed by atoms with van der Waals surface area (Å²) in [7, 11) is 0. The molecular weight excluding hydrogens is 557 g/mol. The molecule has 0 amide bonds. The zero-order chi connectivity index (χ0) is 29.4. The largest absolute Gasteiger partial charge is 0.461 e. The van der Waals surface area contributed by atoms with Crippen LogP contribution < -0.4 is 20.7 Å². The Bertz CT molecular complexity index is 1540. The lowest BCUT2D eigenvalue weighted by Gasteiger charge is -2.34. The lowest BCUT2D eigenvalue weighted by atomic mass is 9.95. The Kier molecular flexibility index (Phi) is 6.46. The van der Waals surface area contributed by atoms with Crippen molar-refractivity contribution in [3.63, 3.8) is 0 Å². The number of hydrogen-bond donors (Lipinski definition) is 2. The van der Waals surface area contributed by atoms with Gasteiger partial charge in [0.05, 0.1) is 22.4 Å². The van der Waals surface area contributed by atoms with E-state index in [0.29, 0.717) is 25.5 Å². The van der Waals surface area contributed by atoms with Gasteiger partial charge in [0.15, 0.2) is 5.82 Å². The Morgan fingerprint density at radius 2 is 1.74 bits per heavy atom. The van der Waals surface area contributed by atoms with Gasteiger partial charge in [-0.25, -0.2) is 13.8 Å². The van der Waals surface area contributed by atoms with Crippen molar-refractivity contribution >= 4 is 22.5 Å². The first-order valence-corrected chi connectivity index (χ1v) is 14.5. The number of nitrogens with zero attached hydrogens (tertiary/aromatic N) is 5. The van der Waals surface area contributed by atoms with Crippen LogP contribution >= 0.6 is 0 Å². The zero-order valence-corrected chi connectivity index (χ0v) is 23.2. The first-order chi connectivity index (χ1) is 20.0. The summed E-state index contributed by atoms with van der Waals surface area (Å²) < 4.78 is 80.8. The maximum atomic E-state index is 16.4. The van der Waals surface area contributed by atoms with Gasteiger partial charge in [0.2, 0.25) is 0 Å². The Morgan fingerprint density at radius 3 is 2.40 bits per heavy atom. The second-order valence-corrected chi connectivity index (χ2v) is 12.1. The maximum Gasteiger partial charge on any atom is 0.418 e. The fourth-order valence-corrected chi connectivity index (χ4v) is 7.55. The number of nitrogens with two attached hydrogens (primary N) is 1. The summed E-state index contributed by atoms with van der Waals surface area (Å²) in [6.07, 6.45) is 1.08. The molecule has 4 aliphatic rings. The Balaban J connectivity index is 1.38. The number of aromatic nitrogens is 3. The summed E-state index contributed by atoms with van der Waals surface area (Å²) in [6, 6.07) is 2.35. The van der Waals surface area contributed by atoms with Crippen molar-refractivity contribution in [1.29, 1.82) is 0 Å². The number of benzene rings is 1. The molecule has 0 radical (unpaired) electrons. The van der Waals surface area contributed by atoms with Crippen molar-refractivity contribution in [1.82, 2.24) is 25.2 Å². The number of piperazine rings is 1. The molecule has 13 heteroatoms. The standard InChI is InChI=1S/C29H32F5N7O/c1-15-10-20(35)37-25(22(15)29(32,33)34)21-19(30)11-18-24(23(21)31)38-27(42-14-28-6-2-8-41(28)9-3-7-28)39-26(18)40-12-16-4-5-17(13-40)36-16/h10-11,16-17,36H,2-9,12-14H2,1H3,(H2,35,37). The van der Waals surface area contributed by atoms with Gasteiger partial charge in [-0.2, -0.15) is 23.1 Å². The van der Waals surface area contributed by atoms with Crippen LogP contribution in [0, 0.1) is 18.6 Å². The van der Waals surface area contributed by atoms with Crippen molar-refractivity contribution in [3.8, 4) is 17.3 Å². The molecule has 2 atom stereocenters. The topological polar surface area (TPSA) is 92.4 Å². The second kappa shape index (κ2) is 9.87. The van der Waals surface area contributed by atoms with Crippen molar-refractivity contribution in [2.24, 2.45) is 0 Å². The highest BCUT2D eigenvalue weighted by Gasteiger charge is 2.45. The molecule has 3 aromatic rings. The molecule has 224 valence electrons. The Morgan fingerprint density at radius 1 is 1.05 bits per heavy atom. The van der Waals surface area contributed by atoms with Gasteiger partial charge in [-0.05, 0) is 76.2 Å². The van der Waals surface area contributed by atoms with Crippen molar-refractivity contribution in [3.05, 3.63) is 34.9 Å². The Labute approximate surface area is 239 Å². The number of rotatable bonds is 5. The van der Waals surface area contributed by atoms with Gasteiger partial charge in [-0.3, -0.25) is 4.90 Å². The zero-order valence-electron chi connectivity index (χ0n) is 23.2. The minimum absolute atomic E-state index is 0.0677. The number of ether oxygens (including phenoxy) is 1. The van der Waals surface area contributed by atoms with Gasteiger partial charge in [-0.15, -0.1) is 0 Å². The third kappa shape index (κ3) is 4.52. The van der Waals surface area contributed by atoms with Crippen LogP contribution in [0.15, 0.2) is 12.1 Å². The minimum Gasteiger partial charge on any atom is -0.461 e. The van der Waals surface area contributed by atoms with E-state index in [1.54, 1.807) is 0 Å². The van der Waals surface area contributed by atoms with Crippen LogP contribution in [0.25, 0.3) is 22.2 Å². The smallest absolute Gasteiger partial charge is 0.418 e. The lowest BCUT2D eigenvalue weighted by molar-refractivity contribution is -0.137. The van der Waals surface area contributed by atoms with E-state index in [2.05, 4.69) is 25.2 Å². The third-order valence-corrected chi connectivity index (χ3v) is 9.40. The monoisotopic (exact) mass is 589 g/mol. The molecule has 42 heavy (non-hydrogen) atoms. The maximum absolute atomic E-state index is 16.4. The first-order valence-electron chi connectivity index (χ1n) is 14.5. The number of fused-ring (bicyclic) bond motifs is 4. The van der Waals surface area contributed by atoms with E-state index >= 15 is 8.78 Å². The number of nitrogen functional groups attached to an aromatic ring is 1. The predicted octanol–water partition coefficient (Wildman–Crippen LogP) is 4.83. The summed E-state index contributed by atoms with van der Waals surface area (Å²) in [6.45, 7) is 4.61. The highest BCUT2D eigenvalue weighted by Crippen LogP contribution is 2.44. The highest BCUT2D eigenvalue weighted by atomic mass is 19.4. The molecule has 1 aromatic carbocycles. The average Bonchev–Trinajstić information content (AvgIpc) is 3.59. The fraction of sp³-hybridized carbons (Fsp3) is 0.552. The van der Waals surface area contributed by atoms with E-state index in [0.717, 1.165) is 63.7 Å². The van der Waals surface area contributed by atoms with Crippen LogP contribution in [0.4, 0.5) is 33.6 Å². The van der Waals surface area contributed by atoms with Crippen LogP contribution in [0.1, 0.15) is 49.7 Å². The molecule has 0 aliphatic carbocycles. The molecule has 3 N–H and O–H groups in total. The molecule has 0 spiro atoms. The Hall–Kier alpha value is -3.32. The predicted molar refractivity (Wildman–Crippen MR) is 147 cm³/mol. The molecular formula is C29H32F5N7O. The van der Waals surface area contributed by atoms with Gasteiger partial charge in [0, 0.05) is 30.6 Å². The van der Waals surface area contributed by atoms with Crippen molar-refractivity contribution in [2.45, 2.75) is 69.2 Å². The number of hydrogen-bond acceptors (Lipinski definition) is 8. The fourth-order valence-electron chi connectivity index (χ4n) is 7.55. The van der Waals surface area contributed by atoms with Gasteiger partial charge in [0.1, 0.15) is 29.6 Å². The number of aryl methyl sites for hydroxylation is 1. The number of alkyl halides is 3. The van der Waals surface area contributed by atoms with Crippen LogP contribution in [0.2, 0.25) is 0 Å². The number of halogens is 5. The quantitative estimate of drug-likeness (QED) is 0.409. The molecule has 0 saturated carbocycles. The summed E-state index contributed by atoms with van der Waals surface area (Å²) in [5, 5.41) is 3.59. The minimum atomic E-state index is -4.92. The molecule has 4 aliphatic heterocycles. The van der Waals surface area contributed by atoms with E-state index in [-0.39, 0.29) is 45.9 Å². The van der Waals surface area contributed by atoms with E-state index in [1.165, 1.54) is 6.92 Å². The molecule has 4 saturated heterocycles. The van der Waals surface area contributed by atoms with Crippen LogP contribution in [0.5, 0.6) is 6.01 Å².